The number of esters is 1. The monoisotopic (exact) mass is 311 g/mol. The van der Waals surface area contributed by atoms with Gasteiger partial charge in [-0.15, -0.1) is 0 Å². The molecule has 7 heteroatoms. The number of fused-ring (bicyclic) bond motifs is 1. The van der Waals surface area contributed by atoms with Crippen LogP contribution in [-0.4, -0.2) is 22.0 Å². The molecule has 3 aromatic rings. The van der Waals surface area contributed by atoms with Gasteiger partial charge in [0.1, 0.15) is 5.75 Å². The Kier molecular flexibility index (Phi) is 3.76. The first-order valence-electron chi connectivity index (χ1n) is 6.85. The maximum atomic E-state index is 12.2. The summed E-state index contributed by atoms with van der Waals surface area (Å²) in [6, 6.07) is 8.12. The number of nitrogens with one attached hydrogen (secondary N) is 1. The lowest BCUT2D eigenvalue weighted by molar-refractivity contribution is -0.114. The molecule has 0 atom stereocenters. The fourth-order valence-electron chi connectivity index (χ4n) is 2.03. The van der Waals surface area contributed by atoms with E-state index in [-0.39, 0.29) is 5.91 Å². The maximum Gasteiger partial charge on any atom is 0.345 e. The summed E-state index contributed by atoms with van der Waals surface area (Å²) in [5, 5.41) is 7.09. The molecule has 2 aromatic heterocycles. The van der Waals surface area contributed by atoms with Gasteiger partial charge in [-0.2, -0.15) is 0 Å². The van der Waals surface area contributed by atoms with Gasteiger partial charge in [0.25, 0.3) is 5.71 Å². The summed E-state index contributed by atoms with van der Waals surface area (Å²) in [5.41, 5.74) is 1.95. The molecular formula is C16H13N3O4. The van der Waals surface area contributed by atoms with Crippen LogP contribution < -0.4 is 10.1 Å². The zero-order chi connectivity index (χ0) is 16.4. The lowest BCUT2D eigenvalue weighted by Crippen LogP contribution is -2.09. The van der Waals surface area contributed by atoms with Crippen LogP contribution in [-0.2, 0) is 4.79 Å². The molecule has 23 heavy (non-hydrogen) atoms. The molecule has 3 rings (SSSR count). The first-order valence-corrected chi connectivity index (χ1v) is 6.85. The average molecular weight is 311 g/mol. The molecule has 1 N–H and O–H groups in total. The second-order valence-corrected chi connectivity index (χ2v) is 4.94. The molecule has 116 valence electrons. The van der Waals surface area contributed by atoms with Crippen molar-refractivity contribution in [1.29, 1.82) is 0 Å². The highest BCUT2D eigenvalue weighted by Crippen LogP contribution is 2.20. The Bertz CT molecular complexity index is 884. The Hall–Kier alpha value is -3.22. The van der Waals surface area contributed by atoms with Crippen LogP contribution in [0.25, 0.3) is 11.1 Å². The number of aryl methyl sites for hydroxylation is 1. The molecule has 0 fully saturated rings. The molecule has 0 aliphatic rings. The van der Waals surface area contributed by atoms with E-state index < -0.39 is 5.97 Å². The Morgan fingerprint density at radius 1 is 1.22 bits per heavy atom. The third kappa shape index (κ3) is 3.18. The first kappa shape index (κ1) is 14.7. The van der Waals surface area contributed by atoms with Crippen molar-refractivity contribution in [2.75, 3.05) is 5.32 Å². The third-order valence-electron chi connectivity index (χ3n) is 3.13. The zero-order valence-electron chi connectivity index (χ0n) is 12.5. The number of carbonyl (C=O) groups is 2. The van der Waals surface area contributed by atoms with Crippen molar-refractivity contribution in [3.8, 4) is 5.75 Å². The number of aromatic nitrogens is 2. The quantitative estimate of drug-likeness (QED) is 0.590. The van der Waals surface area contributed by atoms with Gasteiger partial charge >= 0.3 is 5.97 Å². The van der Waals surface area contributed by atoms with Gasteiger partial charge in [0.2, 0.25) is 5.91 Å². The van der Waals surface area contributed by atoms with Crippen molar-refractivity contribution >= 4 is 28.7 Å². The minimum Gasteiger partial charge on any atom is -0.423 e. The van der Waals surface area contributed by atoms with E-state index in [0.29, 0.717) is 33.8 Å². The number of pyridine rings is 1. The van der Waals surface area contributed by atoms with Crippen LogP contribution in [0.2, 0.25) is 0 Å². The Balaban J connectivity index is 1.77. The summed E-state index contributed by atoms with van der Waals surface area (Å²) >= 11 is 0. The van der Waals surface area contributed by atoms with Gasteiger partial charge in [-0.25, -0.2) is 9.78 Å². The fraction of sp³-hybridized carbons (Fsp3) is 0.125. The zero-order valence-corrected chi connectivity index (χ0v) is 12.5. The number of ether oxygens (including phenoxy) is 1. The van der Waals surface area contributed by atoms with E-state index in [2.05, 4.69) is 15.5 Å². The summed E-state index contributed by atoms with van der Waals surface area (Å²) in [6.07, 6.45) is 1.38. The van der Waals surface area contributed by atoms with Crippen molar-refractivity contribution in [2.24, 2.45) is 0 Å². The number of rotatable bonds is 3. The molecule has 0 aliphatic heterocycles. The minimum atomic E-state index is -0.535. The van der Waals surface area contributed by atoms with E-state index >= 15 is 0 Å². The van der Waals surface area contributed by atoms with Crippen LogP contribution in [0.4, 0.5) is 5.69 Å². The second kappa shape index (κ2) is 5.88. The molecular weight excluding hydrogens is 298 g/mol. The predicted octanol–water partition coefficient (Wildman–Crippen LogP) is 2.71. The van der Waals surface area contributed by atoms with Gasteiger partial charge in [-0.05, 0) is 37.3 Å². The van der Waals surface area contributed by atoms with Crippen LogP contribution in [0.1, 0.15) is 23.0 Å². The molecule has 0 saturated heterocycles. The van der Waals surface area contributed by atoms with Crippen LogP contribution in [0.3, 0.4) is 0 Å². The van der Waals surface area contributed by atoms with Gasteiger partial charge in [0.15, 0.2) is 0 Å². The summed E-state index contributed by atoms with van der Waals surface area (Å²) < 4.78 is 10.3. The van der Waals surface area contributed by atoms with E-state index in [1.807, 2.05) is 0 Å². The fourth-order valence-corrected chi connectivity index (χ4v) is 2.03. The average Bonchev–Trinajstić information content (AvgIpc) is 2.89. The molecule has 2 heterocycles. The van der Waals surface area contributed by atoms with Gasteiger partial charge in [-0.1, -0.05) is 5.16 Å². The molecule has 0 unspecified atom stereocenters. The number of hydrogen-bond donors (Lipinski definition) is 1. The smallest absolute Gasteiger partial charge is 0.345 e. The number of carbonyl (C=O) groups excluding carboxylic acids is 2. The van der Waals surface area contributed by atoms with Crippen molar-refractivity contribution in [3.63, 3.8) is 0 Å². The summed E-state index contributed by atoms with van der Waals surface area (Å²) in [4.78, 5) is 27.2. The van der Waals surface area contributed by atoms with E-state index in [1.165, 1.54) is 13.1 Å². The lowest BCUT2D eigenvalue weighted by atomic mass is 10.2. The second-order valence-electron chi connectivity index (χ2n) is 4.94. The molecule has 7 nitrogen and oxygen atoms in total. The van der Waals surface area contributed by atoms with Gasteiger partial charge in [0, 0.05) is 18.8 Å². The molecule has 1 amide bonds. The minimum absolute atomic E-state index is 0.168. The van der Waals surface area contributed by atoms with Crippen molar-refractivity contribution < 1.29 is 18.8 Å². The summed E-state index contributed by atoms with van der Waals surface area (Å²) in [6.45, 7) is 3.19. The van der Waals surface area contributed by atoms with Crippen LogP contribution in [0, 0.1) is 6.92 Å². The topological polar surface area (TPSA) is 94.3 Å². The summed E-state index contributed by atoms with van der Waals surface area (Å²) in [7, 11) is 0. The van der Waals surface area contributed by atoms with E-state index in [4.69, 9.17) is 9.26 Å². The largest absolute Gasteiger partial charge is 0.423 e. The van der Waals surface area contributed by atoms with Crippen molar-refractivity contribution in [1.82, 2.24) is 10.1 Å². The Morgan fingerprint density at radius 3 is 2.65 bits per heavy atom. The highest BCUT2D eigenvalue weighted by Gasteiger charge is 2.13. The van der Waals surface area contributed by atoms with Gasteiger partial charge in [-0.3, -0.25) is 4.79 Å². The highest BCUT2D eigenvalue weighted by atomic mass is 16.5. The normalized spacial score (nSPS) is 10.5. The maximum absolute atomic E-state index is 12.2. The van der Waals surface area contributed by atoms with Crippen LogP contribution in [0.5, 0.6) is 5.75 Å². The van der Waals surface area contributed by atoms with E-state index in [0.717, 1.165) is 0 Å². The van der Waals surface area contributed by atoms with Crippen LogP contribution in [0.15, 0.2) is 41.1 Å². The molecule has 0 radical (unpaired) electrons. The first-order chi connectivity index (χ1) is 11.0. The number of amides is 1. The Morgan fingerprint density at radius 2 is 1.96 bits per heavy atom. The number of hydrogen-bond acceptors (Lipinski definition) is 6. The van der Waals surface area contributed by atoms with E-state index in [9.17, 15) is 9.59 Å². The molecule has 0 aliphatic carbocycles. The predicted molar refractivity (Wildman–Crippen MR) is 82.2 cm³/mol. The highest BCUT2D eigenvalue weighted by molar-refractivity contribution is 5.94. The lowest BCUT2D eigenvalue weighted by Gasteiger charge is -2.06. The van der Waals surface area contributed by atoms with Crippen molar-refractivity contribution in [3.05, 3.63) is 47.8 Å². The SMILES string of the molecule is CC(=O)Nc1ccc(OC(=O)c2cnc3onc(C)c3c2)cc1. The summed E-state index contributed by atoms with van der Waals surface area (Å²) in [5.74, 6) is -0.336. The molecule has 1 aromatic carbocycles. The molecule has 0 spiro atoms. The van der Waals surface area contributed by atoms with Crippen LogP contribution >= 0.6 is 0 Å². The molecule has 0 saturated carbocycles. The number of benzene rings is 1. The van der Waals surface area contributed by atoms with Gasteiger partial charge < -0.3 is 14.6 Å². The third-order valence-corrected chi connectivity index (χ3v) is 3.13. The standard InChI is InChI=1S/C16H13N3O4/c1-9-14-7-11(8-17-15(14)23-19-9)16(21)22-13-5-3-12(4-6-13)18-10(2)20/h3-8H,1-2H3,(H,18,20). The number of nitrogens with zero attached hydrogens (tertiary/aromatic N) is 2. The molecule has 0 bridgehead atoms. The van der Waals surface area contributed by atoms with Gasteiger partial charge in [0.05, 0.1) is 16.6 Å². The van der Waals surface area contributed by atoms with E-state index in [1.54, 1.807) is 37.3 Å². The number of anilines is 1. The van der Waals surface area contributed by atoms with Crippen molar-refractivity contribution in [2.45, 2.75) is 13.8 Å². The Labute approximate surface area is 131 Å².